The summed E-state index contributed by atoms with van der Waals surface area (Å²) in [6.45, 7) is 12.0. The van der Waals surface area contributed by atoms with Gasteiger partial charge in [-0.05, 0) is 12.3 Å². The van der Waals surface area contributed by atoms with Gasteiger partial charge in [0.25, 0.3) is 0 Å². The monoisotopic (exact) mass is 256 g/mol. The van der Waals surface area contributed by atoms with Crippen molar-refractivity contribution in [3.63, 3.8) is 0 Å². The van der Waals surface area contributed by atoms with Crippen LogP contribution in [0.25, 0.3) is 0 Å². The molecule has 2 rings (SSSR count). The van der Waals surface area contributed by atoms with Crippen LogP contribution in [-0.2, 0) is 4.84 Å². The van der Waals surface area contributed by atoms with Crippen LogP contribution in [0.2, 0.25) is 0 Å². The maximum absolute atomic E-state index is 5.31. The molecular formula is C13H28N4O. The summed E-state index contributed by atoms with van der Waals surface area (Å²) in [6.07, 6.45) is 1.20. The SMILES string of the molecule is CON1CCN(C2(CC(C)C)CNCCN2)CC1. The van der Waals surface area contributed by atoms with Gasteiger partial charge in [-0.25, -0.2) is 0 Å². The predicted molar refractivity (Wildman–Crippen MR) is 73.2 cm³/mol. The van der Waals surface area contributed by atoms with E-state index in [1.807, 2.05) is 0 Å². The standard InChI is InChI=1S/C13H28N4O/c1-12(2)10-13(11-14-4-5-15-13)16-6-8-17(18-3)9-7-16/h12,14-15H,4-11H2,1-3H3. The molecule has 0 bridgehead atoms. The summed E-state index contributed by atoms with van der Waals surface area (Å²) in [7, 11) is 1.76. The van der Waals surface area contributed by atoms with Gasteiger partial charge in [0.05, 0.1) is 12.8 Å². The maximum Gasteiger partial charge on any atom is 0.0844 e. The van der Waals surface area contributed by atoms with Gasteiger partial charge >= 0.3 is 0 Å². The van der Waals surface area contributed by atoms with E-state index in [0.717, 1.165) is 45.8 Å². The maximum atomic E-state index is 5.31. The van der Waals surface area contributed by atoms with E-state index in [-0.39, 0.29) is 5.66 Å². The normalized spacial score (nSPS) is 32.0. The summed E-state index contributed by atoms with van der Waals surface area (Å²) < 4.78 is 0. The zero-order valence-electron chi connectivity index (χ0n) is 12.0. The first kappa shape index (κ1) is 14.2. The number of nitrogens with zero attached hydrogens (tertiary/aromatic N) is 2. The van der Waals surface area contributed by atoms with E-state index in [1.54, 1.807) is 7.11 Å². The highest BCUT2D eigenvalue weighted by Gasteiger charge is 2.39. The zero-order valence-corrected chi connectivity index (χ0v) is 12.0. The quantitative estimate of drug-likeness (QED) is 0.746. The molecular weight excluding hydrogens is 228 g/mol. The van der Waals surface area contributed by atoms with Crippen molar-refractivity contribution < 1.29 is 4.84 Å². The number of hydrogen-bond donors (Lipinski definition) is 2. The summed E-state index contributed by atoms with van der Waals surface area (Å²) in [5.74, 6) is 0.706. The minimum atomic E-state index is 0.145. The fraction of sp³-hybridized carbons (Fsp3) is 1.00. The van der Waals surface area contributed by atoms with Gasteiger partial charge in [-0.15, -0.1) is 0 Å². The van der Waals surface area contributed by atoms with Gasteiger partial charge in [0.1, 0.15) is 0 Å². The van der Waals surface area contributed by atoms with Crippen molar-refractivity contribution in [3.8, 4) is 0 Å². The van der Waals surface area contributed by atoms with Crippen LogP contribution < -0.4 is 10.6 Å². The average Bonchev–Trinajstić information content (AvgIpc) is 2.39. The van der Waals surface area contributed by atoms with Gasteiger partial charge in [0.15, 0.2) is 0 Å². The summed E-state index contributed by atoms with van der Waals surface area (Å²) in [5.41, 5.74) is 0.145. The third kappa shape index (κ3) is 3.22. The largest absolute Gasteiger partial charge is 0.312 e. The third-order valence-electron chi connectivity index (χ3n) is 4.02. The van der Waals surface area contributed by atoms with Crippen LogP contribution in [0.5, 0.6) is 0 Å². The molecule has 1 unspecified atom stereocenters. The Bertz CT molecular complexity index is 245. The minimum Gasteiger partial charge on any atom is -0.312 e. The second-order valence-corrected chi connectivity index (χ2v) is 5.83. The summed E-state index contributed by atoms with van der Waals surface area (Å²) in [6, 6.07) is 0. The summed E-state index contributed by atoms with van der Waals surface area (Å²) >= 11 is 0. The Balaban J connectivity index is 2.00. The van der Waals surface area contributed by atoms with E-state index in [1.165, 1.54) is 6.42 Å². The molecule has 2 aliphatic rings. The number of hydrogen-bond acceptors (Lipinski definition) is 5. The van der Waals surface area contributed by atoms with Crippen molar-refractivity contribution in [1.82, 2.24) is 20.6 Å². The Morgan fingerprint density at radius 3 is 2.39 bits per heavy atom. The molecule has 2 heterocycles. The van der Waals surface area contributed by atoms with Gasteiger partial charge < -0.3 is 10.2 Å². The fourth-order valence-corrected chi connectivity index (χ4v) is 3.21. The Hall–Kier alpha value is -0.200. The first-order chi connectivity index (χ1) is 8.66. The first-order valence-electron chi connectivity index (χ1n) is 7.16. The lowest BCUT2D eigenvalue weighted by molar-refractivity contribution is -0.165. The van der Waals surface area contributed by atoms with Crippen LogP contribution >= 0.6 is 0 Å². The highest BCUT2D eigenvalue weighted by Crippen LogP contribution is 2.24. The lowest BCUT2D eigenvalue weighted by atomic mass is 9.93. The topological polar surface area (TPSA) is 39.8 Å². The molecule has 0 aromatic carbocycles. The highest BCUT2D eigenvalue weighted by atomic mass is 16.7. The molecule has 2 fully saturated rings. The number of rotatable bonds is 4. The predicted octanol–water partition coefficient (Wildman–Crippen LogP) is 0.101. The van der Waals surface area contributed by atoms with Crippen molar-refractivity contribution in [2.24, 2.45) is 5.92 Å². The molecule has 106 valence electrons. The Labute approximate surface area is 111 Å². The molecule has 0 radical (unpaired) electrons. The molecule has 0 saturated carbocycles. The van der Waals surface area contributed by atoms with Crippen LogP contribution in [0, 0.1) is 5.92 Å². The van der Waals surface area contributed by atoms with E-state index >= 15 is 0 Å². The van der Waals surface area contributed by atoms with Crippen molar-refractivity contribution in [1.29, 1.82) is 0 Å². The molecule has 5 nitrogen and oxygen atoms in total. The zero-order chi connectivity index (χ0) is 13.0. The van der Waals surface area contributed by atoms with Gasteiger partial charge in [-0.1, -0.05) is 13.8 Å². The Kier molecular flexibility index (Phi) is 4.98. The van der Waals surface area contributed by atoms with Crippen molar-refractivity contribution in [3.05, 3.63) is 0 Å². The van der Waals surface area contributed by atoms with Crippen molar-refractivity contribution in [2.75, 3.05) is 52.9 Å². The second kappa shape index (κ2) is 6.30. The lowest BCUT2D eigenvalue weighted by Gasteiger charge is -2.50. The first-order valence-corrected chi connectivity index (χ1v) is 7.16. The molecule has 0 aromatic heterocycles. The molecule has 1 atom stereocenters. The van der Waals surface area contributed by atoms with Crippen molar-refractivity contribution >= 4 is 0 Å². The van der Waals surface area contributed by atoms with Gasteiger partial charge in [-0.2, -0.15) is 5.06 Å². The molecule has 0 aromatic rings. The minimum absolute atomic E-state index is 0.145. The van der Waals surface area contributed by atoms with Crippen LogP contribution in [0.4, 0.5) is 0 Å². The van der Waals surface area contributed by atoms with Gasteiger partial charge in [0.2, 0.25) is 0 Å². The molecule has 18 heavy (non-hydrogen) atoms. The Morgan fingerprint density at radius 2 is 1.89 bits per heavy atom. The van der Waals surface area contributed by atoms with Crippen LogP contribution in [-0.4, -0.2) is 68.5 Å². The molecule has 0 spiro atoms. The highest BCUT2D eigenvalue weighted by molar-refractivity contribution is 4.95. The molecule has 2 saturated heterocycles. The Morgan fingerprint density at radius 1 is 1.17 bits per heavy atom. The van der Waals surface area contributed by atoms with Crippen molar-refractivity contribution in [2.45, 2.75) is 25.9 Å². The molecule has 2 N–H and O–H groups in total. The van der Waals surface area contributed by atoms with E-state index in [4.69, 9.17) is 4.84 Å². The number of hydroxylamine groups is 2. The third-order valence-corrected chi connectivity index (χ3v) is 4.02. The summed E-state index contributed by atoms with van der Waals surface area (Å²) in [5, 5.41) is 9.38. The molecule has 0 amide bonds. The van der Waals surface area contributed by atoms with E-state index in [2.05, 4.69) is 34.4 Å². The lowest BCUT2D eigenvalue weighted by Crippen LogP contribution is -2.71. The second-order valence-electron chi connectivity index (χ2n) is 5.83. The van der Waals surface area contributed by atoms with E-state index in [9.17, 15) is 0 Å². The smallest absolute Gasteiger partial charge is 0.0844 e. The van der Waals surface area contributed by atoms with E-state index in [0.29, 0.717) is 5.92 Å². The van der Waals surface area contributed by atoms with Crippen LogP contribution in [0.15, 0.2) is 0 Å². The van der Waals surface area contributed by atoms with Crippen LogP contribution in [0.1, 0.15) is 20.3 Å². The molecule has 5 heteroatoms. The van der Waals surface area contributed by atoms with Crippen LogP contribution in [0.3, 0.4) is 0 Å². The number of piperazine rings is 2. The van der Waals surface area contributed by atoms with Gasteiger partial charge in [-0.3, -0.25) is 10.2 Å². The number of nitrogens with one attached hydrogen (secondary N) is 2. The van der Waals surface area contributed by atoms with E-state index < -0.39 is 0 Å². The fourth-order valence-electron chi connectivity index (χ4n) is 3.21. The van der Waals surface area contributed by atoms with Gasteiger partial charge in [0, 0.05) is 45.8 Å². The molecule has 0 aliphatic carbocycles. The average molecular weight is 256 g/mol. The molecule has 2 aliphatic heterocycles. The summed E-state index contributed by atoms with van der Waals surface area (Å²) in [4.78, 5) is 7.92.